The van der Waals surface area contributed by atoms with Gasteiger partial charge in [0, 0.05) is 35.3 Å². The van der Waals surface area contributed by atoms with Crippen molar-refractivity contribution >= 4 is 29.0 Å². The van der Waals surface area contributed by atoms with E-state index in [1.165, 1.54) is 0 Å². The van der Waals surface area contributed by atoms with Crippen LogP contribution in [0.5, 0.6) is 5.75 Å². The second-order valence-corrected chi connectivity index (χ2v) is 8.42. The molecule has 2 aromatic rings. The van der Waals surface area contributed by atoms with Crippen LogP contribution in [-0.2, 0) is 11.4 Å². The van der Waals surface area contributed by atoms with Gasteiger partial charge in [-0.1, -0.05) is 47.5 Å². The number of benzene rings is 2. The van der Waals surface area contributed by atoms with Gasteiger partial charge in [0.05, 0.1) is 22.6 Å². The summed E-state index contributed by atoms with van der Waals surface area (Å²) in [6.07, 6.45) is 1.99. The monoisotopic (exact) mass is 453 g/mol. The van der Waals surface area contributed by atoms with Gasteiger partial charge in [0.25, 0.3) is 0 Å². The number of Topliss-reactive ketones (excluding diaryl/α,β-unsaturated/α-hetero) is 1. The number of carbonyl (C=O) groups excluding carboxylic acids is 1. The predicted molar refractivity (Wildman–Crippen MR) is 120 cm³/mol. The molecule has 0 bridgehead atoms. The predicted octanol–water partition coefficient (Wildman–Crippen LogP) is 5.30. The summed E-state index contributed by atoms with van der Waals surface area (Å²) in [5.74, 6) is 0.390. The molecule has 31 heavy (non-hydrogen) atoms. The highest BCUT2D eigenvalue weighted by atomic mass is 35.5. The topological polar surface area (TPSA) is 79.3 Å². The Hall–Kier alpha value is -2.94. The van der Waals surface area contributed by atoms with E-state index in [1.54, 1.807) is 30.1 Å². The molecule has 0 unspecified atom stereocenters. The summed E-state index contributed by atoms with van der Waals surface area (Å²) in [7, 11) is 1.80. The highest BCUT2D eigenvalue weighted by Crippen LogP contribution is 2.45. The van der Waals surface area contributed by atoms with E-state index in [0.717, 1.165) is 29.7 Å². The molecule has 1 aliphatic carbocycles. The second kappa shape index (κ2) is 8.66. The van der Waals surface area contributed by atoms with Gasteiger partial charge in [-0.05, 0) is 36.6 Å². The zero-order valence-corrected chi connectivity index (χ0v) is 18.5. The number of nitrogens with two attached hydrogens (primary N) is 1. The molecular formula is C24H21Cl2N3O2. The third-order valence-electron chi connectivity index (χ3n) is 5.80. The van der Waals surface area contributed by atoms with E-state index in [9.17, 15) is 10.1 Å². The molecule has 0 amide bonds. The lowest BCUT2D eigenvalue weighted by atomic mass is 9.76. The Labute approximate surface area is 191 Å². The number of halogens is 2. The minimum absolute atomic E-state index is 0.0496. The maximum atomic E-state index is 12.8. The Kier molecular flexibility index (Phi) is 5.95. The van der Waals surface area contributed by atoms with Gasteiger partial charge in [0.1, 0.15) is 18.2 Å². The van der Waals surface area contributed by atoms with Gasteiger partial charge in [-0.25, -0.2) is 0 Å². The van der Waals surface area contributed by atoms with Crippen molar-refractivity contribution in [3.05, 3.63) is 86.3 Å². The van der Waals surface area contributed by atoms with Crippen LogP contribution in [-0.4, -0.2) is 17.7 Å². The number of ketones is 1. The average Bonchev–Trinajstić information content (AvgIpc) is 2.76. The van der Waals surface area contributed by atoms with Crippen molar-refractivity contribution < 1.29 is 9.53 Å². The van der Waals surface area contributed by atoms with Crippen molar-refractivity contribution in [1.29, 1.82) is 5.26 Å². The largest absolute Gasteiger partial charge is 0.487 e. The standard InChI is InChI=1S/C24H21Cl2N3O2/c1-29-19-7-4-8-20(30)23(19)22(16(12-27)24(29)28)14-9-10-21(18(26)11-14)31-13-15-5-2-3-6-17(15)25/h2-3,5-6,9-11,22H,4,7-8,13,28H2,1H3/t22-/m0/s1. The number of hydrogen-bond donors (Lipinski definition) is 1. The minimum atomic E-state index is -0.529. The molecule has 1 heterocycles. The average molecular weight is 454 g/mol. The molecule has 0 spiro atoms. The Morgan fingerprint density at radius 1 is 1.19 bits per heavy atom. The van der Waals surface area contributed by atoms with E-state index < -0.39 is 5.92 Å². The van der Waals surface area contributed by atoms with Crippen molar-refractivity contribution in [1.82, 2.24) is 4.90 Å². The number of nitrogens with zero attached hydrogens (tertiary/aromatic N) is 2. The molecule has 7 heteroatoms. The van der Waals surface area contributed by atoms with Gasteiger partial charge < -0.3 is 15.4 Å². The lowest BCUT2D eigenvalue weighted by molar-refractivity contribution is -0.116. The highest BCUT2D eigenvalue weighted by molar-refractivity contribution is 6.32. The fraction of sp³-hybridized carbons (Fsp3) is 0.250. The summed E-state index contributed by atoms with van der Waals surface area (Å²) in [6.45, 7) is 0.275. The number of rotatable bonds is 4. The third kappa shape index (κ3) is 3.89. The Balaban J connectivity index is 1.69. The lowest BCUT2D eigenvalue weighted by Gasteiger charge is -2.37. The lowest BCUT2D eigenvalue weighted by Crippen LogP contribution is -2.36. The van der Waals surface area contributed by atoms with Gasteiger partial charge in [-0.15, -0.1) is 0 Å². The Morgan fingerprint density at radius 3 is 2.68 bits per heavy atom. The van der Waals surface area contributed by atoms with Crippen LogP contribution in [0.2, 0.25) is 10.0 Å². The first kappa shape index (κ1) is 21.3. The van der Waals surface area contributed by atoms with E-state index in [1.807, 2.05) is 24.3 Å². The van der Waals surface area contributed by atoms with Crippen molar-refractivity contribution in [3.63, 3.8) is 0 Å². The Bertz CT molecular complexity index is 1160. The van der Waals surface area contributed by atoms with Crippen LogP contribution < -0.4 is 10.5 Å². The van der Waals surface area contributed by atoms with Crippen LogP contribution in [0, 0.1) is 11.3 Å². The van der Waals surface area contributed by atoms with Gasteiger partial charge in [-0.3, -0.25) is 4.79 Å². The van der Waals surface area contributed by atoms with E-state index in [0.29, 0.717) is 39.2 Å². The van der Waals surface area contributed by atoms with Crippen LogP contribution in [0.1, 0.15) is 36.3 Å². The number of allylic oxidation sites excluding steroid dienone is 3. The fourth-order valence-electron chi connectivity index (χ4n) is 4.18. The van der Waals surface area contributed by atoms with Crippen molar-refractivity contribution in [3.8, 4) is 11.8 Å². The van der Waals surface area contributed by atoms with Crippen molar-refractivity contribution in [2.45, 2.75) is 31.8 Å². The van der Waals surface area contributed by atoms with Crippen LogP contribution in [0.3, 0.4) is 0 Å². The molecule has 5 nitrogen and oxygen atoms in total. The van der Waals surface area contributed by atoms with Crippen LogP contribution >= 0.6 is 23.2 Å². The van der Waals surface area contributed by atoms with E-state index >= 15 is 0 Å². The molecule has 1 atom stereocenters. The van der Waals surface area contributed by atoms with Crippen LogP contribution in [0.4, 0.5) is 0 Å². The quantitative estimate of drug-likeness (QED) is 0.678. The number of ether oxygens (including phenoxy) is 1. The molecule has 0 aromatic heterocycles. The molecule has 2 aromatic carbocycles. The van der Waals surface area contributed by atoms with Gasteiger partial charge in [0.15, 0.2) is 5.78 Å². The van der Waals surface area contributed by atoms with Gasteiger partial charge in [-0.2, -0.15) is 5.26 Å². The smallest absolute Gasteiger partial charge is 0.161 e. The molecule has 1 aliphatic heterocycles. The van der Waals surface area contributed by atoms with Gasteiger partial charge >= 0.3 is 0 Å². The Morgan fingerprint density at radius 2 is 1.97 bits per heavy atom. The summed E-state index contributed by atoms with van der Waals surface area (Å²) in [5, 5.41) is 10.8. The first-order chi connectivity index (χ1) is 14.9. The highest BCUT2D eigenvalue weighted by Gasteiger charge is 2.38. The maximum Gasteiger partial charge on any atom is 0.161 e. The van der Waals surface area contributed by atoms with E-state index in [2.05, 4.69) is 6.07 Å². The van der Waals surface area contributed by atoms with E-state index in [4.69, 9.17) is 33.7 Å². The number of carbonyl (C=O) groups is 1. The number of nitriles is 1. The molecule has 2 aliphatic rings. The molecule has 0 fully saturated rings. The summed E-state index contributed by atoms with van der Waals surface area (Å²) in [5.41, 5.74) is 9.75. The van der Waals surface area contributed by atoms with Crippen LogP contribution in [0.15, 0.2) is 65.1 Å². The minimum Gasteiger partial charge on any atom is -0.487 e. The fourth-order valence-corrected chi connectivity index (χ4v) is 4.61. The molecule has 4 rings (SSSR count). The van der Waals surface area contributed by atoms with Crippen LogP contribution in [0.25, 0.3) is 0 Å². The van der Waals surface area contributed by atoms with Gasteiger partial charge in [0.2, 0.25) is 0 Å². The zero-order chi connectivity index (χ0) is 22.1. The second-order valence-electron chi connectivity index (χ2n) is 7.61. The normalized spacial score (nSPS) is 18.7. The molecule has 0 radical (unpaired) electrons. The zero-order valence-electron chi connectivity index (χ0n) is 17.0. The molecule has 2 N–H and O–H groups in total. The van der Waals surface area contributed by atoms with Crippen molar-refractivity contribution in [2.24, 2.45) is 5.73 Å². The first-order valence-electron chi connectivity index (χ1n) is 9.97. The van der Waals surface area contributed by atoms with E-state index in [-0.39, 0.29) is 12.4 Å². The summed E-state index contributed by atoms with van der Waals surface area (Å²) in [6, 6.07) is 15.0. The molecular weight excluding hydrogens is 433 g/mol. The molecule has 158 valence electrons. The first-order valence-corrected chi connectivity index (χ1v) is 10.7. The summed E-state index contributed by atoms with van der Waals surface area (Å²) < 4.78 is 5.86. The summed E-state index contributed by atoms with van der Waals surface area (Å²) >= 11 is 12.7. The van der Waals surface area contributed by atoms with Crippen molar-refractivity contribution in [2.75, 3.05) is 7.05 Å². The summed E-state index contributed by atoms with van der Waals surface area (Å²) in [4.78, 5) is 14.6. The number of hydrogen-bond acceptors (Lipinski definition) is 5. The third-order valence-corrected chi connectivity index (χ3v) is 6.46. The molecule has 0 saturated heterocycles. The maximum absolute atomic E-state index is 12.8. The SMILES string of the molecule is CN1C(N)=C(C#N)[C@H](c2ccc(OCc3ccccc3Cl)c(Cl)c2)C2=C1CCCC2=O. The molecule has 0 saturated carbocycles.